The van der Waals surface area contributed by atoms with Crippen LogP contribution in [-0.2, 0) is 9.59 Å². The number of aryl methyl sites for hydroxylation is 1. The lowest BCUT2D eigenvalue weighted by molar-refractivity contribution is -0.676. The van der Waals surface area contributed by atoms with E-state index in [0.717, 1.165) is 12.1 Å². The Morgan fingerprint density at radius 3 is 2.42 bits per heavy atom. The summed E-state index contributed by atoms with van der Waals surface area (Å²) in [5, 5.41) is 2.01. The maximum absolute atomic E-state index is 12.6. The van der Waals surface area contributed by atoms with Crippen LogP contribution in [0.5, 0.6) is 0 Å². The van der Waals surface area contributed by atoms with Crippen molar-refractivity contribution in [1.82, 2.24) is 0 Å². The molecule has 2 N–H and O–H groups in total. The predicted octanol–water partition coefficient (Wildman–Crippen LogP) is 1.99. The molecular weight excluding hydrogens is 300 g/mol. The lowest BCUT2D eigenvalue weighted by Gasteiger charge is -2.16. The van der Waals surface area contributed by atoms with Crippen molar-refractivity contribution in [3.05, 3.63) is 65.7 Å². The molecule has 3 rings (SSSR count). The van der Waals surface area contributed by atoms with Gasteiger partial charge >= 0.3 is 0 Å². The normalized spacial score (nSPS) is 18.9. The van der Waals surface area contributed by atoms with Gasteiger partial charge in [0.05, 0.1) is 18.7 Å². The van der Waals surface area contributed by atoms with E-state index in [-0.39, 0.29) is 24.3 Å². The lowest BCUT2D eigenvalue weighted by Crippen LogP contribution is -2.92. The monoisotopic (exact) mass is 323 g/mol. The van der Waals surface area contributed by atoms with Crippen molar-refractivity contribution in [2.75, 3.05) is 11.4 Å². The summed E-state index contributed by atoms with van der Waals surface area (Å²) in [6.45, 7) is 4.92. The first kappa shape index (κ1) is 16.4. The topological polar surface area (TPSA) is 54.0 Å². The first-order chi connectivity index (χ1) is 11.6. The van der Waals surface area contributed by atoms with Crippen LogP contribution in [0.3, 0.4) is 0 Å². The quantitative estimate of drug-likeness (QED) is 0.856. The van der Waals surface area contributed by atoms with Gasteiger partial charge < -0.3 is 5.32 Å². The minimum absolute atomic E-state index is 0.107. The third-order valence-electron chi connectivity index (χ3n) is 4.62. The number of amides is 2. The number of quaternary nitrogens is 1. The minimum Gasteiger partial charge on any atom is -0.335 e. The van der Waals surface area contributed by atoms with E-state index in [0.29, 0.717) is 11.6 Å². The van der Waals surface area contributed by atoms with E-state index in [9.17, 15) is 9.59 Å². The number of benzene rings is 2. The Hall–Kier alpha value is -2.46. The Balaban J connectivity index is 1.65. The van der Waals surface area contributed by atoms with E-state index in [2.05, 4.69) is 19.1 Å². The third kappa shape index (κ3) is 3.39. The van der Waals surface area contributed by atoms with Gasteiger partial charge in [0, 0.05) is 5.92 Å². The van der Waals surface area contributed by atoms with Gasteiger partial charge in [-0.1, -0.05) is 55.0 Å². The molecule has 1 saturated heterocycles. The molecule has 2 aromatic rings. The molecule has 2 atom stereocenters. The van der Waals surface area contributed by atoms with Crippen LogP contribution < -0.4 is 10.2 Å². The molecule has 1 aliphatic rings. The lowest BCUT2D eigenvalue weighted by atomic mass is 10.0. The highest BCUT2D eigenvalue weighted by Gasteiger charge is 2.42. The van der Waals surface area contributed by atoms with Crippen molar-refractivity contribution >= 4 is 17.5 Å². The summed E-state index contributed by atoms with van der Waals surface area (Å²) >= 11 is 0. The zero-order valence-electron chi connectivity index (χ0n) is 14.1. The van der Waals surface area contributed by atoms with Crippen molar-refractivity contribution < 1.29 is 14.9 Å². The molecule has 1 heterocycles. The maximum atomic E-state index is 12.6. The molecule has 0 unspecified atom stereocenters. The van der Waals surface area contributed by atoms with E-state index in [4.69, 9.17) is 0 Å². The molecule has 0 saturated carbocycles. The molecule has 0 aliphatic carbocycles. The second-order valence-corrected chi connectivity index (χ2v) is 6.50. The van der Waals surface area contributed by atoms with Crippen molar-refractivity contribution in [2.24, 2.45) is 0 Å². The van der Waals surface area contributed by atoms with Crippen molar-refractivity contribution in [2.45, 2.75) is 32.2 Å². The number of anilines is 1. The molecule has 0 radical (unpaired) electrons. The Labute approximate surface area is 142 Å². The summed E-state index contributed by atoms with van der Waals surface area (Å²) in [7, 11) is 0. The molecular formula is C20H23N2O2+. The second-order valence-electron chi connectivity index (χ2n) is 6.50. The minimum atomic E-state index is -0.315. The van der Waals surface area contributed by atoms with E-state index >= 15 is 0 Å². The van der Waals surface area contributed by atoms with Gasteiger partial charge in [0.1, 0.15) is 0 Å². The largest absolute Gasteiger partial charge is 0.335 e. The molecule has 0 aromatic heterocycles. The number of nitrogens with zero attached hydrogens (tertiary/aromatic N) is 1. The van der Waals surface area contributed by atoms with Crippen LogP contribution in [0, 0.1) is 6.92 Å². The number of carbonyl (C=O) groups is 2. The van der Waals surface area contributed by atoms with Crippen LogP contribution in [0.2, 0.25) is 0 Å². The molecule has 4 heteroatoms. The van der Waals surface area contributed by atoms with E-state index < -0.39 is 0 Å². The zero-order chi connectivity index (χ0) is 17.1. The van der Waals surface area contributed by atoms with Crippen LogP contribution in [0.25, 0.3) is 0 Å². The van der Waals surface area contributed by atoms with Gasteiger partial charge in [-0.2, -0.15) is 0 Å². The predicted molar refractivity (Wildman–Crippen MR) is 93.7 cm³/mol. The average Bonchev–Trinajstić information content (AvgIpc) is 2.88. The van der Waals surface area contributed by atoms with Gasteiger partial charge in [-0.15, -0.1) is 0 Å². The van der Waals surface area contributed by atoms with Gasteiger partial charge in [-0.05, 0) is 24.6 Å². The summed E-state index contributed by atoms with van der Waals surface area (Å²) in [4.78, 5) is 26.2. The molecule has 24 heavy (non-hydrogen) atoms. The van der Waals surface area contributed by atoms with Crippen molar-refractivity contribution in [1.29, 1.82) is 0 Å². The summed E-state index contributed by atoms with van der Waals surface area (Å²) in [6.07, 6.45) is 0.272. The zero-order valence-corrected chi connectivity index (χ0v) is 14.1. The number of hydrogen-bond donors (Lipinski definition) is 1. The molecule has 4 nitrogen and oxygen atoms in total. The van der Waals surface area contributed by atoms with Crippen molar-refractivity contribution in [3.63, 3.8) is 0 Å². The Morgan fingerprint density at radius 2 is 1.75 bits per heavy atom. The fraction of sp³-hybridized carbons (Fsp3) is 0.300. The number of carbonyl (C=O) groups excluding carboxylic acids is 2. The highest BCUT2D eigenvalue weighted by molar-refractivity contribution is 6.21. The average molecular weight is 323 g/mol. The van der Waals surface area contributed by atoms with Crippen LogP contribution in [0.1, 0.15) is 30.4 Å². The molecule has 2 amide bonds. The van der Waals surface area contributed by atoms with Gasteiger partial charge in [0.25, 0.3) is 5.91 Å². The van der Waals surface area contributed by atoms with E-state index in [1.165, 1.54) is 10.5 Å². The SMILES string of the molecule is Cc1ccc(N2C(=O)C[C@H]([NH2+]C[C@@H](C)c3ccccc3)C2=O)cc1. The Kier molecular flexibility index (Phi) is 4.76. The maximum Gasteiger partial charge on any atom is 0.292 e. The summed E-state index contributed by atoms with van der Waals surface area (Å²) in [6, 6.07) is 17.4. The number of hydrogen-bond acceptors (Lipinski definition) is 2. The van der Waals surface area contributed by atoms with Gasteiger partial charge in [0.15, 0.2) is 6.04 Å². The van der Waals surface area contributed by atoms with Crippen LogP contribution in [-0.4, -0.2) is 24.4 Å². The number of rotatable bonds is 5. The molecule has 1 fully saturated rings. The van der Waals surface area contributed by atoms with Crippen LogP contribution >= 0.6 is 0 Å². The summed E-state index contributed by atoms with van der Waals surface area (Å²) in [5.41, 5.74) is 3.03. The van der Waals surface area contributed by atoms with E-state index in [1.807, 2.05) is 54.7 Å². The number of imide groups is 1. The van der Waals surface area contributed by atoms with Gasteiger partial charge in [0.2, 0.25) is 5.91 Å². The van der Waals surface area contributed by atoms with Gasteiger partial charge in [-0.3, -0.25) is 9.59 Å². The van der Waals surface area contributed by atoms with Crippen LogP contribution in [0.15, 0.2) is 54.6 Å². The third-order valence-corrected chi connectivity index (χ3v) is 4.62. The van der Waals surface area contributed by atoms with Crippen LogP contribution in [0.4, 0.5) is 5.69 Å². The standard InChI is InChI=1S/C20H22N2O2/c1-14-8-10-17(11-9-14)22-19(23)12-18(20(22)24)21-13-15(2)16-6-4-3-5-7-16/h3-11,15,18,21H,12-13H2,1-2H3/p+1/t15-,18+/m1/s1. The molecule has 2 aromatic carbocycles. The number of nitrogens with two attached hydrogens (primary N) is 1. The smallest absolute Gasteiger partial charge is 0.292 e. The molecule has 1 aliphatic heterocycles. The molecule has 0 spiro atoms. The Morgan fingerprint density at radius 1 is 1.08 bits per heavy atom. The fourth-order valence-corrected chi connectivity index (χ4v) is 3.09. The Bertz CT molecular complexity index is 725. The molecule has 124 valence electrons. The van der Waals surface area contributed by atoms with Crippen molar-refractivity contribution in [3.8, 4) is 0 Å². The fourth-order valence-electron chi connectivity index (χ4n) is 3.09. The highest BCUT2D eigenvalue weighted by atomic mass is 16.2. The summed E-state index contributed by atoms with van der Waals surface area (Å²) < 4.78 is 0. The van der Waals surface area contributed by atoms with E-state index in [1.54, 1.807) is 0 Å². The first-order valence-electron chi connectivity index (χ1n) is 8.38. The molecule has 0 bridgehead atoms. The highest BCUT2D eigenvalue weighted by Crippen LogP contribution is 2.22. The summed E-state index contributed by atoms with van der Waals surface area (Å²) in [5.74, 6) is 0.115. The second kappa shape index (κ2) is 6.97. The van der Waals surface area contributed by atoms with Gasteiger partial charge in [-0.25, -0.2) is 4.90 Å². The first-order valence-corrected chi connectivity index (χ1v) is 8.38.